The maximum Gasteiger partial charge on any atom is 0.0785 e. The van der Waals surface area contributed by atoms with Crippen LogP contribution in [0.15, 0.2) is 48.5 Å². The standard InChI is InChI=1S/C22H28N/c1-23(2)15-13-19(14-16-23)22-20-9-5-3-7-17(20)11-12-18-8-4-6-10-21(18)22/h3-10,19,22H,11-16H2,1-2H3/q+1. The SMILES string of the molecule is C[N+]1(C)CCC(C2c3ccccc3CCc3ccccc32)CC1. The average molecular weight is 306 g/mol. The molecule has 1 saturated heterocycles. The molecule has 2 aromatic rings. The molecule has 120 valence electrons. The zero-order valence-corrected chi connectivity index (χ0v) is 14.5. The van der Waals surface area contributed by atoms with E-state index in [9.17, 15) is 0 Å². The van der Waals surface area contributed by atoms with Crippen LogP contribution in [0, 0.1) is 5.92 Å². The molecule has 0 radical (unpaired) electrons. The number of benzene rings is 2. The van der Waals surface area contributed by atoms with Crippen molar-refractivity contribution in [2.75, 3.05) is 27.2 Å². The van der Waals surface area contributed by atoms with E-state index in [0.717, 1.165) is 5.92 Å². The summed E-state index contributed by atoms with van der Waals surface area (Å²) in [5.41, 5.74) is 6.37. The fourth-order valence-corrected chi connectivity index (χ4v) is 4.70. The Morgan fingerprint density at radius 3 is 1.74 bits per heavy atom. The Balaban J connectivity index is 1.78. The van der Waals surface area contributed by atoms with Gasteiger partial charge in [-0.25, -0.2) is 0 Å². The molecule has 1 fully saturated rings. The molecule has 0 saturated carbocycles. The molecule has 2 aliphatic rings. The second kappa shape index (κ2) is 5.79. The molecule has 1 nitrogen and oxygen atoms in total. The van der Waals surface area contributed by atoms with Gasteiger partial charge in [0, 0.05) is 18.8 Å². The van der Waals surface area contributed by atoms with E-state index < -0.39 is 0 Å². The van der Waals surface area contributed by atoms with E-state index in [0.29, 0.717) is 5.92 Å². The van der Waals surface area contributed by atoms with Crippen molar-refractivity contribution in [3.8, 4) is 0 Å². The van der Waals surface area contributed by atoms with E-state index in [4.69, 9.17) is 0 Å². The summed E-state index contributed by atoms with van der Waals surface area (Å²) in [4.78, 5) is 0. The van der Waals surface area contributed by atoms with Crippen LogP contribution in [-0.2, 0) is 12.8 Å². The summed E-state index contributed by atoms with van der Waals surface area (Å²) in [5, 5.41) is 0. The molecule has 0 bridgehead atoms. The number of quaternary nitrogens is 1. The molecule has 1 aliphatic heterocycles. The minimum Gasteiger partial charge on any atom is -0.328 e. The van der Waals surface area contributed by atoms with Crippen LogP contribution in [0.3, 0.4) is 0 Å². The first-order valence-electron chi connectivity index (χ1n) is 9.12. The largest absolute Gasteiger partial charge is 0.328 e. The lowest BCUT2D eigenvalue weighted by atomic mass is 9.74. The Morgan fingerprint density at radius 2 is 1.22 bits per heavy atom. The second-order valence-corrected chi connectivity index (χ2v) is 8.10. The molecular weight excluding hydrogens is 278 g/mol. The summed E-state index contributed by atoms with van der Waals surface area (Å²) in [7, 11) is 4.76. The number of hydrogen-bond donors (Lipinski definition) is 0. The highest BCUT2D eigenvalue weighted by molar-refractivity contribution is 5.45. The predicted octanol–water partition coefficient (Wildman–Crippen LogP) is 4.40. The third-order valence-corrected chi connectivity index (χ3v) is 6.13. The van der Waals surface area contributed by atoms with E-state index in [1.807, 2.05) is 0 Å². The lowest BCUT2D eigenvalue weighted by molar-refractivity contribution is -0.896. The van der Waals surface area contributed by atoms with Gasteiger partial charge in [0.15, 0.2) is 0 Å². The molecule has 2 aromatic carbocycles. The van der Waals surface area contributed by atoms with Gasteiger partial charge >= 0.3 is 0 Å². The maximum atomic E-state index is 2.40. The van der Waals surface area contributed by atoms with Gasteiger partial charge in [0.05, 0.1) is 27.2 Å². The van der Waals surface area contributed by atoms with E-state index in [1.165, 1.54) is 43.3 Å². The van der Waals surface area contributed by atoms with Gasteiger partial charge < -0.3 is 4.48 Å². The van der Waals surface area contributed by atoms with E-state index >= 15 is 0 Å². The van der Waals surface area contributed by atoms with Gasteiger partial charge in [-0.15, -0.1) is 0 Å². The van der Waals surface area contributed by atoms with Crippen molar-refractivity contribution < 1.29 is 4.48 Å². The van der Waals surface area contributed by atoms with Gasteiger partial charge in [0.1, 0.15) is 0 Å². The van der Waals surface area contributed by atoms with Gasteiger partial charge in [-0.2, -0.15) is 0 Å². The second-order valence-electron chi connectivity index (χ2n) is 8.10. The van der Waals surface area contributed by atoms with Crippen LogP contribution in [0.4, 0.5) is 0 Å². The molecular formula is C22H28N+. The van der Waals surface area contributed by atoms with E-state index in [2.05, 4.69) is 62.6 Å². The Morgan fingerprint density at radius 1 is 0.739 bits per heavy atom. The highest BCUT2D eigenvalue weighted by atomic mass is 15.3. The van der Waals surface area contributed by atoms with Crippen molar-refractivity contribution in [3.63, 3.8) is 0 Å². The Bertz CT molecular complexity index is 643. The minimum absolute atomic E-state index is 0.602. The van der Waals surface area contributed by atoms with Gasteiger partial charge in [-0.05, 0) is 41.0 Å². The first-order valence-corrected chi connectivity index (χ1v) is 9.12. The first-order chi connectivity index (χ1) is 11.1. The molecule has 0 spiro atoms. The number of aryl methyl sites for hydroxylation is 2. The van der Waals surface area contributed by atoms with Crippen molar-refractivity contribution >= 4 is 0 Å². The number of piperidine rings is 1. The highest BCUT2D eigenvalue weighted by Crippen LogP contribution is 2.43. The van der Waals surface area contributed by atoms with Gasteiger partial charge in [-0.3, -0.25) is 0 Å². The molecule has 0 aromatic heterocycles. The summed E-state index contributed by atoms with van der Waals surface area (Å²) in [6.07, 6.45) is 5.08. The molecule has 0 amide bonds. The zero-order valence-electron chi connectivity index (χ0n) is 14.5. The number of hydrogen-bond acceptors (Lipinski definition) is 0. The fraction of sp³-hybridized carbons (Fsp3) is 0.455. The Kier molecular flexibility index (Phi) is 3.77. The van der Waals surface area contributed by atoms with E-state index in [-0.39, 0.29) is 0 Å². The maximum absolute atomic E-state index is 2.40. The minimum atomic E-state index is 0.602. The van der Waals surface area contributed by atoms with Gasteiger partial charge in [0.2, 0.25) is 0 Å². The molecule has 1 heteroatoms. The molecule has 0 unspecified atom stereocenters. The summed E-state index contributed by atoms with van der Waals surface area (Å²) >= 11 is 0. The van der Waals surface area contributed by atoms with Crippen molar-refractivity contribution in [2.45, 2.75) is 31.6 Å². The lowest BCUT2D eigenvalue weighted by Gasteiger charge is -2.40. The third-order valence-electron chi connectivity index (χ3n) is 6.13. The summed E-state index contributed by atoms with van der Waals surface area (Å²) in [6, 6.07) is 18.4. The third kappa shape index (κ3) is 2.83. The smallest absolute Gasteiger partial charge is 0.0785 e. The quantitative estimate of drug-likeness (QED) is 0.685. The van der Waals surface area contributed by atoms with Crippen molar-refractivity contribution in [1.29, 1.82) is 0 Å². The predicted molar refractivity (Wildman–Crippen MR) is 96.7 cm³/mol. The number of likely N-dealkylation sites (tertiary alicyclic amines) is 1. The summed E-state index contributed by atoms with van der Waals surface area (Å²) in [6.45, 7) is 2.62. The fourth-order valence-electron chi connectivity index (χ4n) is 4.70. The molecule has 4 rings (SSSR count). The number of nitrogens with zero attached hydrogens (tertiary/aromatic N) is 1. The Hall–Kier alpha value is -1.60. The van der Waals surface area contributed by atoms with Gasteiger partial charge in [-0.1, -0.05) is 48.5 Å². The van der Waals surface area contributed by atoms with Crippen LogP contribution < -0.4 is 0 Å². The number of rotatable bonds is 1. The van der Waals surface area contributed by atoms with Crippen molar-refractivity contribution in [1.82, 2.24) is 0 Å². The first kappa shape index (κ1) is 15.0. The number of fused-ring (bicyclic) bond motifs is 2. The average Bonchev–Trinajstić information content (AvgIpc) is 2.72. The van der Waals surface area contributed by atoms with Crippen LogP contribution >= 0.6 is 0 Å². The summed E-state index contributed by atoms with van der Waals surface area (Å²) in [5.74, 6) is 1.40. The van der Waals surface area contributed by atoms with Crippen molar-refractivity contribution in [3.05, 3.63) is 70.8 Å². The molecule has 23 heavy (non-hydrogen) atoms. The molecule has 0 atom stereocenters. The summed E-state index contributed by atoms with van der Waals surface area (Å²) < 4.78 is 1.19. The van der Waals surface area contributed by atoms with Gasteiger partial charge in [0.25, 0.3) is 0 Å². The Labute approximate surface area is 140 Å². The van der Waals surface area contributed by atoms with E-state index in [1.54, 1.807) is 22.3 Å². The van der Waals surface area contributed by atoms with Crippen LogP contribution in [0.25, 0.3) is 0 Å². The van der Waals surface area contributed by atoms with Crippen molar-refractivity contribution in [2.24, 2.45) is 5.92 Å². The monoisotopic (exact) mass is 306 g/mol. The van der Waals surface area contributed by atoms with Crippen LogP contribution in [0.2, 0.25) is 0 Å². The van der Waals surface area contributed by atoms with Crippen LogP contribution in [-0.4, -0.2) is 31.7 Å². The van der Waals surface area contributed by atoms with Crippen LogP contribution in [0.5, 0.6) is 0 Å². The topological polar surface area (TPSA) is 0 Å². The highest BCUT2D eigenvalue weighted by Gasteiger charge is 2.35. The normalized spacial score (nSPS) is 21.3. The zero-order chi connectivity index (χ0) is 15.9. The van der Waals surface area contributed by atoms with Crippen LogP contribution in [0.1, 0.15) is 41.0 Å². The molecule has 1 aliphatic carbocycles. The lowest BCUT2D eigenvalue weighted by Crippen LogP contribution is -2.47. The molecule has 0 N–H and O–H groups in total. The molecule has 1 heterocycles.